The van der Waals surface area contributed by atoms with Crippen LogP contribution in [0.2, 0.25) is 0 Å². The van der Waals surface area contributed by atoms with Crippen LogP contribution < -0.4 is 10.6 Å². The maximum atomic E-state index is 4.38. The van der Waals surface area contributed by atoms with Gasteiger partial charge in [-0.05, 0) is 47.4 Å². The molecule has 8 heteroatoms. The van der Waals surface area contributed by atoms with E-state index in [0.717, 1.165) is 62.9 Å². The van der Waals surface area contributed by atoms with Crippen LogP contribution in [0.4, 0.5) is 0 Å². The summed E-state index contributed by atoms with van der Waals surface area (Å²) in [6, 6.07) is 8.63. The van der Waals surface area contributed by atoms with E-state index in [4.69, 9.17) is 0 Å². The average molecular weight is 398 g/mol. The summed E-state index contributed by atoms with van der Waals surface area (Å²) in [7, 11) is 1.83. The number of pyridine rings is 1. The molecule has 1 aliphatic rings. The minimum atomic E-state index is 0.471. The second kappa shape index (κ2) is 9.16. The molecule has 0 amide bonds. The minimum absolute atomic E-state index is 0.471. The molecule has 148 valence electrons. The molecule has 0 spiro atoms. The van der Waals surface area contributed by atoms with Crippen molar-refractivity contribution in [1.29, 1.82) is 0 Å². The SMILES string of the molecule is CN=C(NCCc1nnc2ccccn12)NC1CCN(Cc2ccsc2)CC1. The molecule has 4 heterocycles. The normalized spacial score (nSPS) is 16.5. The second-order valence-corrected chi connectivity index (χ2v) is 7.90. The molecule has 7 nitrogen and oxygen atoms in total. The third kappa shape index (κ3) is 4.69. The summed E-state index contributed by atoms with van der Waals surface area (Å²) < 4.78 is 2.03. The Labute approximate surface area is 169 Å². The molecule has 1 aliphatic heterocycles. The van der Waals surface area contributed by atoms with Gasteiger partial charge in [0.1, 0.15) is 5.82 Å². The zero-order valence-electron chi connectivity index (χ0n) is 16.2. The Morgan fingerprint density at radius 3 is 2.93 bits per heavy atom. The maximum absolute atomic E-state index is 4.38. The van der Waals surface area contributed by atoms with Gasteiger partial charge < -0.3 is 10.6 Å². The van der Waals surface area contributed by atoms with Crippen LogP contribution in [0, 0.1) is 0 Å². The first-order valence-electron chi connectivity index (χ1n) is 9.81. The molecule has 4 rings (SSSR count). The lowest BCUT2D eigenvalue weighted by atomic mass is 10.0. The third-order valence-corrected chi connectivity index (χ3v) is 5.90. The Morgan fingerprint density at radius 1 is 1.25 bits per heavy atom. The first-order chi connectivity index (χ1) is 13.8. The number of fused-ring (bicyclic) bond motifs is 1. The van der Waals surface area contributed by atoms with Gasteiger partial charge in [-0.2, -0.15) is 11.3 Å². The molecule has 0 aromatic carbocycles. The van der Waals surface area contributed by atoms with Crippen LogP contribution in [0.1, 0.15) is 24.2 Å². The fraction of sp³-hybridized carbons (Fsp3) is 0.450. The molecular weight excluding hydrogens is 370 g/mol. The quantitative estimate of drug-likeness (QED) is 0.493. The molecule has 0 unspecified atom stereocenters. The van der Waals surface area contributed by atoms with Crippen LogP contribution in [-0.2, 0) is 13.0 Å². The van der Waals surface area contributed by atoms with E-state index < -0.39 is 0 Å². The average Bonchev–Trinajstić information content (AvgIpc) is 3.39. The molecular formula is C20H27N7S. The first kappa shape index (κ1) is 18.9. The lowest BCUT2D eigenvalue weighted by Gasteiger charge is -2.32. The van der Waals surface area contributed by atoms with Crippen molar-refractivity contribution in [3.05, 3.63) is 52.6 Å². The Morgan fingerprint density at radius 2 is 2.14 bits per heavy atom. The van der Waals surface area contributed by atoms with E-state index in [1.165, 1.54) is 5.56 Å². The van der Waals surface area contributed by atoms with E-state index in [1.807, 2.05) is 35.8 Å². The van der Waals surface area contributed by atoms with Crippen LogP contribution in [0.5, 0.6) is 0 Å². The van der Waals surface area contributed by atoms with Crippen molar-refractivity contribution in [2.45, 2.75) is 31.8 Å². The number of hydrogen-bond donors (Lipinski definition) is 2. The molecule has 0 atom stereocenters. The van der Waals surface area contributed by atoms with Gasteiger partial charge in [0.05, 0.1) is 0 Å². The van der Waals surface area contributed by atoms with Crippen LogP contribution in [-0.4, -0.2) is 58.2 Å². The molecule has 1 fully saturated rings. The van der Waals surface area contributed by atoms with E-state index in [9.17, 15) is 0 Å². The summed E-state index contributed by atoms with van der Waals surface area (Å²) in [4.78, 5) is 6.92. The van der Waals surface area contributed by atoms with Crippen LogP contribution in [0.15, 0.2) is 46.2 Å². The minimum Gasteiger partial charge on any atom is -0.356 e. The number of aliphatic imine (C=N–C) groups is 1. The predicted octanol–water partition coefficient (Wildman–Crippen LogP) is 2.16. The van der Waals surface area contributed by atoms with Crippen molar-refractivity contribution in [3.8, 4) is 0 Å². The highest BCUT2D eigenvalue weighted by Crippen LogP contribution is 2.15. The van der Waals surface area contributed by atoms with Crippen molar-refractivity contribution in [1.82, 2.24) is 30.1 Å². The fourth-order valence-electron chi connectivity index (χ4n) is 3.62. The Bertz CT molecular complexity index is 894. The largest absolute Gasteiger partial charge is 0.356 e. The first-order valence-corrected chi connectivity index (χ1v) is 10.8. The topological polar surface area (TPSA) is 69.8 Å². The highest BCUT2D eigenvalue weighted by Gasteiger charge is 2.20. The Balaban J connectivity index is 1.21. The van der Waals surface area contributed by atoms with E-state index in [-0.39, 0.29) is 0 Å². The number of guanidine groups is 1. The van der Waals surface area contributed by atoms with Gasteiger partial charge in [-0.3, -0.25) is 14.3 Å². The monoisotopic (exact) mass is 397 g/mol. The molecule has 28 heavy (non-hydrogen) atoms. The zero-order valence-corrected chi connectivity index (χ0v) is 17.0. The number of likely N-dealkylation sites (tertiary alicyclic amines) is 1. The molecule has 3 aromatic heterocycles. The lowest BCUT2D eigenvalue weighted by Crippen LogP contribution is -2.48. The summed E-state index contributed by atoms with van der Waals surface area (Å²) in [5.41, 5.74) is 2.31. The second-order valence-electron chi connectivity index (χ2n) is 7.12. The molecule has 0 saturated carbocycles. The number of rotatable bonds is 6. The molecule has 0 bridgehead atoms. The highest BCUT2D eigenvalue weighted by atomic mass is 32.1. The summed E-state index contributed by atoms with van der Waals surface area (Å²) in [6.07, 6.45) is 5.08. The Hall–Kier alpha value is -2.45. The van der Waals surface area contributed by atoms with E-state index in [1.54, 1.807) is 11.3 Å². The Kier molecular flexibility index (Phi) is 6.18. The summed E-state index contributed by atoms with van der Waals surface area (Å²) in [5.74, 6) is 1.82. The molecule has 3 aromatic rings. The summed E-state index contributed by atoms with van der Waals surface area (Å²) >= 11 is 1.77. The lowest BCUT2D eigenvalue weighted by molar-refractivity contribution is 0.198. The van der Waals surface area contributed by atoms with Crippen LogP contribution >= 0.6 is 11.3 Å². The smallest absolute Gasteiger partial charge is 0.191 e. The summed E-state index contributed by atoms with van der Waals surface area (Å²) in [6.45, 7) is 4.08. The van der Waals surface area contributed by atoms with Gasteiger partial charge in [0.15, 0.2) is 11.6 Å². The van der Waals surface area contributed by atoms with Crippen LogP contribution in [0.25, 0.3) is 5.65 Å². The molecule has 2 N–H and O–H groups in total. The number of aromatic nitrogens is 3. The third-order valence-electron chi connectivity index (χ3n) is 5.16. The number of piperidine rings is 1. The van der Waals surface area contributed by atoms with Gasteiger partial charge in [-0.1, -0.05) is 6.07 Å². The van der Waals surface area contributed by atoms with Crippen molar-refractivity contribution in [2.75, 3.05) is 26.7 Å². The van der Waals surface area contributed by atoms with Crippen molar-refractivity contribution in [2.24, 2.45) is 4.99 Å². The zero-order chi connectivity index (χ0) is 19.2. The van der Waals surface area contributed by atoms with Gasteiger partial charge >= 0.3 is 0 Å². The van der Waals surface area contributed by atoms with E-state index in [0.29, 0.717) is 6.04 Å². The number of nitrogens with zero attached hydrogens (tertiary/aromatic N) is 5. The van der Waals surface area contributed by atoms with Gasteiger partial charge in [0.2, 0.25) is 0 Å². The van der Waals surface area contributed by atoms with Gasteiger partial charge in [-0.15, -0.1) is 10.2 Å². The standard InChI is InChI=1S/C20H27N7S/c1-21-20(22-9-5-19-25-24-18-4-2-3-10-27(18)19)23-17-6-11-26(12-7-17)14-16-8-13-28-15-16/h2-4,8,10,13,15,17H,5-7,9,11-12,14H2,1H3,(H2,21,22,23). The molecule has 1 saturated heterocycles. The summed E-state index contributed by atoms with van der Waals surface area (Å²) in [5, 5.41) is 19.9. The van der Waals surface area contributed by atoms with E-state index >= 15 is 0 Å². The molecule has 0 aliphatic carbocycles. The predicted molar refractivity (Wildman–Crippen MR) is 114 cm³/mol. The number of thiophene rings is 1. The van der Waals surface area contributed by atoms with Gasteiger partial charge in [0.25, 0.3) is 0 Å². The van der Waals surface area contributed by atoms with Crippen molar-refractivity contribution >= 4 is 22.9 Å². The molecule has 0 radical (unpaired) electrons. The number of nitrogens with one attached hydrogen (secondary N) is 2. The highest BCUT2D eigenvalue weighted by molar-refractivity contribution is 7.07. The van der Waals surface area contributed by atoms with Gasteiger partial charge in [-0.25, -0.2) is 0 Å². The maximum Gasteiger partial charge on any atom is 0.191 e. The fourth-order valence-corrected chi connectivity index (χ4v) is 4.28. The van der Waals surface area contributed by atoms with Crippen molar-refractivity contribution in [3.63, 3.8) is 0 Å². The number of hydrogen-bond acceptors (Lipinski definition) is 5. The van der Waals surface area contributed by atoms with E-state index in [2.05, 4.69) is 47.5 Å². The van der Waals surface area contributed by atoms with Crippen LogP contribution in [0.3, 0.4) is 0 Å². The van der Waals surface area contributed by atoms with Crippen molar-refractivity contribution < 1.29 is 0 Å². The van der Waals surface area contributed by atoms with Gasteiger partial charge in [0, 0.05) is 51.9 Å².